The highest BCUT2D eigenvalue weighted by Gasteiger charge is 2.22. The molecule has 0 radical (unpaired) electrons. The van der Waals surface area contributed by atoms with Crippen LogP contribution in [0.1, 0.15) is 22.8 Å². The number of nitrogens with one attached hydrogen (secondary N) is 1. The summed E-state index contributed by atoms with van der Waals surface area (Å²) in [7, 11) is -3.00. The van der Waals surface area contributed by atoms with Crippen molar-refractivity contribution in [3.63, 3.8) is 0 Å². The van der Waals surface area contributed by atoms with E-state index in [2.05, 4.69) is 15.5 Å². The average molecular weight is 409 g/mol. The average Bonchev–Trinajstić information content (AvgIpc) is 2.60. The third kappa shape index (κ3) is 3.87. The maximum absolute atomic E-state index is 12.3. The Labute approximate surface area is 160 Å². The second-order valence-electron chi connectivity index (χ2n) is 5.69. The summed E-state index contributed by atoms with van der Waals surface area (Å²) in [6, 6.07) is 3.85. The molecule has 11 nitrogen and oxygen atoms in total. The Morgan fingerprint density at radius 1 is 1.32 bits per heavy atom. The van der Waals surface area contributed by atoms with Gasteiger partial charge in [-0.3, -0.25) is 18.7 Å². The Kier molecular flexibility index (Phi) is 5.85. The summed E-state index contributed by atoms with van der Waals surface area (Å²) in [4.78, 5) is 23.4. The van der Waals surface area contributed by atoms with Gasteiger partial charge in [-0.2, -0.15) is 8.42 Å². The molecule has 12 heteroatoms. The lowest BCUT2D eigenvalue weighted by Crippen LogP contribution is -2.30. The van der Waals surface area contributed by atoms with E-state index >= 15 is 0 Å². The SMILES string of the molecule is CCn1c(O)c(N=Nc2cc(NC)ccc2S(=O)(=O)O)c(C)c(C(N)=O)c1=O. The van der Waals surface area contributed by atoms with Crippen LogP contribution in [0.2, 0.25) is 0 Å². The molecule has 5 N–H and O–H groups in total. The summed E-state index contributed by atoms with van der Waals surface area (Å²) in [6.07, 6.45) is 0. The minimum Gasteiger partial charge on any atom is -0.493 e. The molecule has 1 heterocycles. The standard InChI is InChI=1S/C16H19N5O6S/c1-4-21-15(23)12(14(17)22)8(2)13(16(21)24)20-19-10-7-9(18-3)5-6-11(10)28(25,26)27/h5-7,18,24H,4H2,1-3H3,(H2,17,22)(H,25,26,27). The van der Waals surface area contributed by atoms with Crippen molar-refractivity contribution in [3.8, 4) is 5.88 Å². The molecular weight excluding hydrogens is 390 g/mol. The fourth-order valence-electron chi connectivity index (χ4n) is 2.58. The van der Waals surface area contributed by atoms with Crippen molar-refractivity contribution in [2.45, 2.75) is 25.3 Å². The number of benzene rings is 1. The molecule has 0 saturated heterocycles. The number of primary amides is 1. The number of hydrogen-bond acceptors (Lipinski definition) is 8. The van der Waals surface area contributed by atoms with Crippen LogP contribution in [0.3, 0.4) is 0 Å². The largest absolute Gasteiger partial charge is 0.493 e. The number of hydrogen-bond donors (Lipinski definition) is 4. The minimum atomic E-state index is -4.60. The molecule has 0 bridgehead atoms. The molecule has 0 aliphatic heterocycles. The minimum absolute atomic E-state index is 0.0124. The first-order valence-corrected chi connectivity index (χ1v) is 9.44. The first-order valence-electron chi connectivity index (χ1n) is 8.00. The summed E-state index contributed by atoms with van der Waals surface area (Å²) in [5.41, 5.74) is 4.13. The van der Waals surface area contributed by atoms with Gasteiger partial charge in [-0.15, -0.1) is 10.2 Å². The van der Waals surface area contributed by atoms with E-state index in [0.29, 0.717) is 5.69 Å². The van der Waals surface area contributed by atoms with E-state index in [1.54, 1.807) is 14.0 Å². The Morgan fingerprint density at radius 3 is 2.46 bits per heavy atom. The number of nitrogens with zero attached hydrogens (tertiary/aromatic N) is 3. The quantitative estimate of drug-likeness (QED) is 0.414. The fourth-order valence-corrected chi connectivity index (χ4v) is 3.19. The molecule has 2 rings (SSSR count). The van der Waals surface area contributed by atoms with Crippen LogP contribution in [0.5, 0.6) is 5.88 Å². The Balaban J connectivity index is 2.76. The number of nitrogens with two attached hydrogens (primary N) is 1. The second kappa shape index (κ2) is 7.78. The molecular formula is C16H19N5O6S. The summed E-state index contributed by atoms with van der Waals surface area (Å²) in [5, 5.41) is 20.7. The van der Waals surface area contributed by atoms with E-state index in [1.807, 2.05) is 0 Å². The summed E-state index contributed by atoms with van der Waals surface area (Å²) in [6.45, 7) is 2.94. The van der Waals surface area contributed by atoms with E-state index in [9.17, 15) is 27.7 Å². The van der Waals surface area contributed by atoms with Crippen LogP contribution in [0.25, 0.3) is 0 Å². The molecule has 1 aromatic carbocycles. The van der Waals surface area contributed by atoms with Crippen molar-refractivity contribution >= 4 is 33.1 Å². The number of carbonyl (C=O) groups excluding carboxylic acids is 1. The number of anilines is 1. The first-order chi connectivity index (χ1) is 13.0. The van der Waals surface area contributed by atoms with Crippen molar-refractivity contribution in [2.75, 3.05) is 12.4 Å². The van der Waals surface area contributed by atoms with Gasteiger partial charge in [0.2, 0.25) is 5.88 Å². The summed E-state index contributed by atoms with van der Waals surface area (Å²) < 4.78 is 33.4. The van der Waals surface area contributed by atoms with Gasteiger partial charge in [-0.05, 0) is 32.0 Å². The predicted octanol–water partition coefficient (Wildman–Crippen LogP) is 1.68. The van der Waals surface area contributed by atoms with Crippen molar-refractivity contribution in [1.29, 1.82) is 0 Å². The van der Waals surface area contributed by atoms with Gasteiger partial charge in [0.15, 0.2) is 0 Å². The van der Waals surface area contributed by atoms with Crippen molar-refractivity contribution in [3.05, 3.63) is 39.7 Å². The molecule has 0 saturated carbocycles. The third-order valence-corrected chi connectivity index (χ3v) is 4.90. The maximum Gasteiger partial charge on any atom is 0.296 e. The van der Waals surface area contributed by atoms with Crippen LogP contribution in [0.15, 0.2) is 38.1 Å². The number of aromatic hydroxyl groups is 1. The number of azo groups is 1. The van der Waals surface area contributed by atoms with Gasteiger partial charge in [0.05, 0.1) is 0 Å². The zero-order chi connectivity index (χ0) is 21.2. The lowest BCUT2D eigenvalue weighted by molar-refractivity contribution is 0.0997. The highest BCUT2D eigenvalue weighted by atomic mass is 32.2. The zero-order valence-corrected chi connectivity index (χ0v) is 16.1. The molecule has 0 fully saturated rings. The van der Waals surface area contributed by atoms with Gasteiger partial charge in [0.1, 0.15) is 21.8 Å². The number of carbonyl (C=O) groups is 1. The predicted molar refractivity (Wildman–Crippen MR) is 101 cm³/mol. The van der Waals surface area contributed by atoms with Gasteiger partial charge < -0.3 is 16.2 Å². The molecule has 1 aromatic heterocycles. The smallest absolute Gasteiger partial charge is 0.296 e. The molecule has 1 amide bonds. The van der Waals surface area contributed by atoms with Gasteiger partial charge >= 0.3 is 0 Å². The molecule has 0 spiro atoms. The van der Waals surface area contributed by atoms with E-state index < -0.39 is 32.4 Å². The van der Waals surface area contributed by atoms with Gasteiger partial charge in [0, 0.05) is 24.8 Å². The van der Waals surface area contributed by atoms with Crippen molar-refractivity contribution in [1.82, 2.24) is 4.57 Å². The monoisotopic (exact) mass is 409 g/mol. The topological polar surface area (TPSA) is 176 Å². The first kappa shape index (κ1) is 21.1. The molecule has 28 heavy (non-hydrogen) atoms. The Morgan fingerprint density at radius 2 is 1.96 bits per heavy atom. The van der Waals surface area contributed by atoms with Crippen LogP contribution >= 0.6 is 0 Å². The number of amides is 1. The molecule has 2 aromatic rings. The van der Waals surface area contributed by atoms with Gasteiger partial charge in [0.25, 0.3) is 21.6 Å². The van der Waals surface area contributed by atoms with Crippen molar-refractivity contribution in [2.24, 2.45) is 16.0 Å². The summed E-state index contributed by atoms with van der Waals surface area (Å²) >= 11 is 0. The number of aromatic nitrogens is 1. The van der Waals surface area contributed by atoms with Crippen LogP contribution in [-0.4, -0.2) is 35.6 Å². The highest BCUT2D eigenvalue weighted by Crippen LogP contribution is 2.34. The lowest BCUT2D eigenvalue weighted by Gasteiger charge is -2.13. The van der Waals surface area contributed by atoms with Gasteiger partial charge in [-0.25, -0.2) is 0 Å². The zero-order valence-electron chi connectivity index (χ0n) is 15.3. The van der Waals surface area contributed by atoms with Crippen LogP contribution in [0.4, 0.5) is 17.1 Å². The fraction of sp³-hybridized carbons (Fsp3) is 0.250. The third-order valence-electron chi connectivity index (χ3n) is 4.00. The van der Waals surface area contributed by atoms with Crippen LogP contribution in [0, 0.1) is 6.92 Å². The van der Waals surface area contributed by atoms with Crippen LogP contribution < -0.4 is 16.6 Å². The second-order valence-corrected chi connectivity index (χ2v) is 7.08. The van der Waals surface area contributed by atoms with E-state index in [4.69, 9.17) is 5.73 Å². The molecule has 0 atom stereocenters. The summed E-state index contributed by atoms with van der Waals surface area (Å²) in [5.74, 6) is -1.56. The Hall–Kier alpha value is -3.25. The maximum atomic E-state index is 12.3. The molecule has 0 unspecified atom stereocenters. The number of pyridine rings is 1. The number of rotatable bonds is 6. The normalized spacial score (nSPS) is 11.7. The molecule has 0 aliphatic carbocycles. The van der Waals surface area contributed by atoms with Gasteiger partial charge in [-0.1, -0.05) is 0 Å². The lowest BCUT2D eigenvalue weighted by atomic mass is 10.1. The highest BCUT2D eigenvalue weighted by molar-refractivity contribution is 7.86. The van der Waals surface area contributed by atoms with E-state index in [1.165, 1.54) is 19.1 Å². The van der Waals surface area contributed by atoms with E-state index in [0.717, 1.165) is 10.6 Å². The molecule has 150 valence electrons. The van der Waals surface area contributed by atoms with Crippen molar-refractivity contribution < 1.29 is 22.9 Å². The Bertz CT molecular complexity index is 1140. The van der Waals surface area contributed by atoms with Crippen LogP contribution in [-0.2, 0) is 16.7 Å². The van der Waals surface area contributed by atoms with E-state index in [-0.39, 0.29) is 29.0 Å². The molecule has 0 aliphatic rings.